The molecule has 5 heteroatoms. The maximum Gasteiger partial charge on any atom is 0.408 e. The van der Waals surface area contributed by atoms with Crippen LogP contribution in [-0.4, -0.2) is 16.6 Å². The number of amides is 1. The summed E-state index contributed by atoms with van der Waals surface area (Å²) in [5, 5.41) is 3.85. The van der Waals surface area contributed by atoms with Gasteiger partial charge in [0.2, 0.25) is 0 Å². The van der Waals surface area contributed by atoms with Crippen LogP contribution in [0.4, 0.5) is 9.18 Å². The van der Waals surface area contributed by atoms with E-state index < -0.39 is 17.7 Å². The Labute approximate surface area is 152 Å². The van der Waals surface area contributed by atoms with Crippen LogP contribution >= 0.6 is 0 Å². The third-order valence-corrected chi connectivity index (χ3v) is 4.03. The van der Waals surface area contributed by atoms with Crippen molar-refractivity contribution in [3.8, 4) is 0 Å². The number of hydrogen-bond donors (Lipinski definition) is 2. The van der Waals surface area contributed by atoms with E-state index in [9.17, 15) is 9.18 Å². The van der Waals surface area contributed by atoms with Crippen molar-refractivity contribution in [2.24, 2.45) is 0 Å². The highest BCUT2D eigenvalue weighted by molar-refractivity contribution is 5.83. The van der Waals surface area contributed by atoms with Gasteiger partial charge in [0.15, 0.2) is 0 Å². The Bertz CT molecular complexity index is 912. The number of halogens is 1. The molecule has 1 amide bonds. The highest BCUT2D eigenvalue weighted by Crippen LogP contribution is 2.27. The van der Waals surface area contributed by atoms with Gasteiger partial charge in [-0.15, -0.1) is 0 Å². The molecule has 2 aromatic carbocycles. The number of aromatic amines is 1. The van der Waals surface area contributed by atoms with Crippen molar-refractivity contribution in [1.82, 2.24) is 10.3 Å². The third-order valence-electron chi connectivity index (χ3n) is 4.03. The monoisotopic (exact) mass is 354 g/mol. The zero-order chi connectivity index (χ0) is 18.7. The van der Waals surface area contributed by atoms with E-state index in [1.54, 1.807) is 12.1 Å². The van der Waals surface area contributed by atoms with Crippen molar-refractivity contribution in [2.75, 3.05) is 0 Å². The molecule has 0 aliphatic rings. The molecule has 0 bridgehead atoms. The van der Waals surface area contributed by atoms with Crippen molar-refractivity contribution in [1.29, 1.82) is 0 Å². The van der Waals surface area contributed by atoms with E-state index in [4.69, 9.17) is 4.74 Å². The number of rotatable bonds is 4. The first kappa shape index (κ1) is 18.0. The summed E-state index contributed by atoms with van der Waals surface area (Å²) in [7, 11) is 0. The molecule has 0 spiro atoms. The summed E-state index contributed by atoms with van der Waals surface area (Å²) in [5.41, 5.74) is 2.24. The summed E-state index contributed by atoms with van der Waals surface area (Å²) >= 11 is 0. The van der Waals surface area contributed by atoms with Crippen molar-refractivity contribution in [2.45, 2.75) is 38.8 Å². The lowest BCUT2D eigenvalue weighted by atomic mass is 10.0. The van der Waals surface area contributed by atoms with Gasteiger partial charge in [0.05, 0.1) is 0 Å². The van der Waals surface area contributed by atoms with Crippen LogP contribution in [0.15, 0.2) is 54.7 Å². The molecule has 3 rings (SSSR count). The van der Waals surface area contributed by atoms with Crippen molar-refractivity contribution in [3.63, 3.8) is 0 Å². The Hall–Kier alpha value is -2.82. The fourth-order valence-electron chi connectivity index (χ4n) is 2.90. The van der Waals surface area contributed by atoms with E-state index in [2.05, 4.69) is 10.3 Å². The minimum Gasteiger partial charge on any atom is -0.441 e. The number of aromatic nitrogens is 1. The zero-order valence-corrected chi connectivity index (χ0v) is 15.2. The Morgan fingerprint density at radius 2 is 1.96 bits per heavy atom. The average Bonchev–Trinajstić information content (AvgIpc) is 2.96. The molecule has 1 aromatic heterocycles. The van der Waals surface area contributed by atoms with Crippen LogP contribution in [0.1, 0.15) is 38.0 Å². The number of carbonyl (C=O) groups excluding carboxylic acids is 1. The Balaban J connectivity index is 1.89. The smallest absolute Gasteiger partial charge is 0.408 e. The SMILES string of the molecule is CC(C)(C)NC(=O)O[C@H](Cc1c[nH]c2ccccc12)c1cccc(F)c1. The molecule has 1 heterocycles. The summed E-state index contributed by atoms with van der Waals surface area (Å²) in [5.74, 6) is -0.355. The predicted octanol–water partition coefficient (Wildman–Crippen LogP) is 5.12. The summed E-state index contributed by atoms with van der Waals surface area (Å²) in [6.45, 7) is 5.64. The van der Waals surface area contributed by atoms with Crippen LogP contribution in [0.2, 0.25) is 0 Å². The van der Waals surface area contributed by atoms with Gasteiger partial charge in [0, 0.05) is 29.1 Å². The Morgan fingerprint density at radius 3 is 2.69 bits per heavy atom. The van der Waals surface area contributed by atoms with Gasteiger partial charge < -0.3 is 15.0 Å². The minimum atomic E-state index is -0.591. The van der Waals surface area contributed by atoms with E-state index >= 15 is 0 Å². The number of H-pyrrole nitrogens is 1. The second kappa shape index (κ2) is 7.20. The topological polar surface area (TPSA) is 54.1 Å². The molecule has 0 fully saturated rings. The van der Waals surface area contributed by atoms with Crippen LogP contribution in [-0.2, 0) is 11.2 Å². The van der Waals surface area contributed by atoms with Gasteiger partial charge in [0.25, 0.3) is 0 Å². The van der Waals surface area contributed by atoms with Gasteiger partial charge in [-0.05, 0) is 50.1 Å². The van der Waals surface area contributed by atoms with Crippen molar-refractivity contribution >= 4 is 17.0 Å². The van der Waals surface area contributed by atoms with Gasteiger partial charge >= 0.3 is 6.09 Å². The largest absolute Gasteiger partial charge is 0.441 e. The minimum absolute atomic E-state index is 0.355. The number of para-hydroxylation sites is 1. The van der Waals surface area contributed by atoms with Crippen LogP contribution in [0.25, 0.3) is 10.9 Å². The molecule has 4 nitrogen and oxygen atoms in total. The molecule has 0 unspecified atom stereocenters. The van der Waals surface area contributed by atoms with E-state index in [-0.39, 0.29) is 5.82 Å². The van der Waals surface area contributed by atoms with E-state index in [1.807, 2.05) is 51.2 Å². The molecule has 0 aliphatic carbocycles. The summed E-state index contributed by atoms with van der Waals surface area (Å²) in [6.07, 6.45) is 1.24. The quantitative estimate of drug-likeness (QED) is 0.683. The van der Waals surface area contributed by atoms with Gasteiger partial charge in [-0.1, -0.05) is 30.3 Å². The summed E-state index contributed by atoms with van der Waals surface area (Å²) < 4.78 is 19.4. The normalized spacial score (nSPS) is 12.8. The molecule has 3 aromatic rings. The maximum atomic E-state index is 13.7. The number of ether oxygens (including phenoxy) is 1. The van der Waals surface area contributed by atoms with Gasteiger partial charge in [-0.3, -0.25) is 0 Å². The molecule has 26 heavy (non-hydrogen) atoms. The molecule has 0 radical (unpaired) electrons. The summed E-state index contributed by atoms with van der Waals surface area (Å²) in [4.78, 5) is 15.5. The number of hydrogen-bond acceptors (Lipinski definition) is 2. The highest BCUT2D eigenvalue weighted by atomic mass is 19.1. The predicted molar refractivity (Wildman–Crippen MR) is 101 cm³/mol. The first-order chi connectivity index (χ1) is 12.3. The molecule has 0 saturated heterocycles. The molecule has 2 N–H and O–H groups in total. The molecular weight excluding hydrogens is 331 g/mol. The molecule has 136 valence electrons. The van der Waals surface area contributed by atoms with Crippen LogP contribution in [0.3, 0.4) is 0 Å². The summed E-state index contributed by atoms with van der Waals surface area (Å²) in [6, 6.07) is 14.1. The van der Waals surface area contributed by atoms with Crippen LogP contribution < -0.4 is 5.32 Å². The first-order valence-electron chi connectivity index (χ1n) is 8.61. The van der Waals surface area contributed by atoms with Crippen molar-refractivity contribution in [3.05, 3.63) is 71.7 Å². The Kier molecular flexibility index (Phi) is 4.98. The van der Waals surface area contributed by atoms with Crippen LogP contribution in [0.5, 0.6) is 0 Å². The average molecular weight is 354 g/mol. The van der Waals surface area contributed by atoms with Gasteiger partial charge in [-0.2, -0.15) is 0 Å². The highest BCUT2D eigenvalue weighted by Gasteiger charge is 2.22. The number of fused-ring (bicyclic) bond motifs is 1. The van der Waals surface area contributed by atoms with Crippen molar-refractivity contribution < 1.29 is 13.9 Å². The number of benzene rings is 2. The fourth-order valence-corrected chi connectivity index (χ4v) is 2.90. The standard InChI is InChI=1S/C21H23FN2O2/c1-21(2,3)24-20(25)26-19(14-7-6-8-16(22)11-14)12-15-13-23-18-10-5-4-9-17(15)18/h4-11,13,19,23H,12H2,1-3H3,(H,24,25)/t19-/m1/s1. The van der Waals surface area contributed by atoms with Gasteiger partial charge in [-0.25, -0.2) is 9.18 Å². The molecule has 0 aliphatic heterocycles. The molecule has 0 saturated carbocycles. The zero-order valence-electron chi connectivity index (χ0n) is 15.2. The molecule has 1 atom stereocenters. The number of alkyl carbamates (subject to hydrolysis) is 1. The van der Waals surface area contributed by atoms with E-state index in [0.29, 0.717) is 12.0 Å². The fraction of sp³-hybridized carbons (Fsp3) is 0.286. The number of carbonyl (C=O) groups is 1. The van der Waals surface area contributed by atoms with Crippen LogP contribution in [0, 0.1) is 5.82 Å². The second-order valence-electron chi connectivity index (χ2n) is 7.39. The Morgan fingerprint density at radius 1 is 1.19 bits per heavy atom. The third kappa shape index (κ3) is 4.42. The van der Waals surface area contributed by atoms with E-state index in [1.165, 1.54) is 12.1 Å². The lowest BCUT2D eigenvalue weighted by molar-refractivity contribution is 0.0910. The lowest BCUT2D eigenvalue weighted by Gasteiger charge is -2.24. The molecular formula is C21H23FN2O2. The number of nitrogens with one attached hydrogen (secondary N) is 2. The maximum absolute atomic E-state index is 13.7. The first-order valence-corrected chi connectivity index (χ1v) is 8.61. The van der Waals surface area contributed by atoms with E-state index in [0.717, 1.165) is 16.5 Å². The lowest BCUT2D eigenvalue weighted by Crippen LogP contribution is -2.41. The second-order valence-corrected chi connectivity index (χ2v) is 7.39. The van der Waals surface area contributed by atoms with Gasteiger partial charge in [0.1, 0.15) is 11.9 Å².